The Morgan fingerprint density at radius 2 is 1.92 bits per heavy atom. The second-order valence-corrected chi connectivity index (χ2v) is 3.82. The minimum absolute atomic E-state index is 0.236. The van der Waals surface area contributed by atoms with Crippen molar-refractivity contribution >= 4 is 0 Å². The van der Waals surface area contributed by atoms with Crippen LogP contribution in [0, 0.1) is 5.92 Å². The molecule has 0 aromatic heterocycles. The molecule has 2 atom stereocenters. The van der Waals surface area contributed by atoms with E-state index in [9.17, 15) is 0 Å². The van der Waals surface area contributed by atoms with Gasteiger partial charge in [0.05, 0.1) is 6.10 Å². The van der Waals surface area contributed by atoms with E-state index >= 15 is 0 Å². The zero-order valence-electron chi connectivity index (χ0n) is 9.21. The summed E-state index contributed by atoms with van der Waals surface area (Å²) in [4.78, 5) is 0. The summed E-state index contributed by atoms with van der Waals surface area (Å²) >= 11 is 0. The van der Waals surface area contributed by atoms with Crippen molar-refractivity contribution in [3.8, 4) is 0 Å². The molecule has 0 heterocycles. The summed E-state index contributed by atoms with van der Waals surface area (Å²) in [6.07, 6.45) is 1.05. The van der Waals surface area contributed by atoms with E-state index < -0.39 is 0 Å². The van der Waals surface area contributed by atoms with Gasteiger partial charge in [0.2, 0.25) is 0 Å². The molecule has 0 saturated carbocycles. The van der Waals surface area contributed by atoms with Crippen LogP contribution >= 0.6 is 0 Å². The predicted octanol–water partition coefficient (Wildman–Crippen LogP) is 1.02. The number of methoxy groups -OCH3 is 1. The highest BCUT2D eigenvalue weighted by Crippen LogP contribution is 2.05. The molecule has 0 fully saturated rings. The maximum Gasteiger partial charge on any atom is 0.0667 e. The average Bonchev–Trinajstić information content (AvgIpc) is 2.11. The van der Waals surface area contributed by atoms with Crippen LogP contribution < -0.4 is 5.32 Å². The Kier molecular flexibility index (Phi) is 7.23. The summed E-state index contributed by atoms with van der Waals surface area (Å²) in [5, 5.41) is 12.2. The molecule has 3 nitrogen and oxygen atoms in total. The Labute approximate surface area is 81.5 Å². The number of hydrogen-bond donors (Lipinski definition) is 2. The standard InChI is InChI=1S/C10H23NO2/c1-8(2)10(5-6-12)11-7-9(3)13-4/h8-12H,5-7H2,1-4H3. The summed E-state index contributed by atoms with van der Waals surface area (Å²) < 4.78 is 5.13. The lowest BCUT2D eigenvalue weighted by molar-refractivity contribution is 0.110. The molecule has 0 radical (unpaired) electrons. The number of ether oxygens (including phenoxy) is 1. The molecular weight excluding hydrogens is 166 g/mol. The molecule has 13 heavy (non-hydrogen) atoms. The maximum absolute atomic E-state index is 8.84. The summed E-state index contributed by atoms with van der Waals surface area (Å²) in [5.41, 5.74) is 0. The zero-order chi connectivity index (χ0) is 10.3. The topological polar surface area (TPSA) is 41.5 Å². The highest BCUT2D eigenvalue weighted by molar-refractivity contribution is 4.71. The number of rotatable bonds is 7. The molecule has 0 spiro atoms. The van der Waals surface area contributed by atoms with Crippen LogP contribution in [0.1, 0.15) is 27.2 Å². The van der Waals surface area contributed by atoms with Crippen molar-refractivity contribution in [1.29, 1.82) is 0 Å². The van der Waals surface area contributed by atoms with Gasteiger partial charge in [-0.2, -0.15) is 0 Å². The van der Waals surface area contributed by atoms with Crippen LogP contribution in [0.25, 0.3) is 0 Å². The summed E-state index contributed by atoms with van der Waals surface area (Å²) in [7, 11) is 1.71. The molecule has 2 N–H and O–H groups in total. The van der Waals surface area contributed by atoms with Gasteiger partial charge in [-0.3, -0.25) is 0 Å². The van der Waals surface area contributed by atoms with E-state index in [1.54, 1.807) is 7.11 Å². The van der Waals surface area contributed by atoms with Gasteiger partial charge >= 0.3 is 0 Å². The van der Waals surface area contributed by atoms with Crippen LogP contribution in [0.4, 0.5) is 0 Å². The van der Waals surface area contributed by atoms with Gasteiger partial charge in [-0.25, -0.2) is 0 Å². The Morgan fingerprint density at radius 1 is 1.31 bits per heavy atom. The van der Waals surface area contributed by atoms with Gasteiger partial charge in [0.15, 0.2) is 0 Å². The van der Waals surface area contributed by atoms with E-state index in [0.29, 0.717) is 12.0 Å². The SMILES string of the molecule is COC(C)CNC(CCO)C(C)C. The van der Waals surface area contributed by atoms with E-state index in [1.807, 2.05) is 6.92 Å². The van der Waals surface area contributed by atoms with E-state index in [2.05, 4.69) is 19.2 Å². The maximum atomic E-state index is 8.84. The minimum atomic E-state index is 0.236. The van der Waals surface area contributed by atoms with Crippen LogP contribution in [0.5, 0.6) is 0 Å². The third-order valence-electron chi connectivity index (χ3n) is 2.31. The fraction of sp³-hybridized carbons (Fsp3) is 1.00. The molecule has 3 heteroatoms. The van der Waals surface area contributed by atoms with E-state index in [1.165, 1.54) is 0 Å². The molecular formula is C10H23NO2. The first-order valence-electron chi connectivity index (χ1n) is 4.98. The van der Waals surface area contributed by atoms with Gasteiger partial charge in [0, 0.05) is 26.3 Å². The van der Waals surface area contributed by atoms with Gasteiger partial charge in [-0.15, -0.1) is 0 Å². The van der Waals surface area contributed by atoms with Crippen LogP contribution in [0.3, 0.4) is 0 Å². The number of aliphatic hydroxyl groups is 1. The number of hydrogen-bond acceptors (Lipinski definition) is 3. The van der Waals surface area contributed by atoms with Crippen LogP contribution in [-0.2, 0) is 4.74 Å². The number of nitrogens with one attached hydrogen (secondary N) is 1. The van der Waals surface area contributed by atoms with Gasteiger partial charge in [0.25, 0.3) is 0 Å². The van der Waals surface area contributed by atoms with Crippen molar-refractivity contribution in [2.75, 3.05) is 20.3 Å². The zero-order valence-corrected chi connectivity index (χ0v) is 9.21. The van der Waals surface area contributed by atoms with Crippen molar-refractivity contribution in [1.82, 2.24) is 5.32 Å². The molecule has 0 amide bonds. The van der Waals surface area contributed by atoms with Crippen LogP contribution in [-0.4, -0.2) is 37.5 Å². The van der Waals surface area contributed by atoms with E-state index in [-0.39, 0.29) is 12.7 Å². The molecule has 0 aliphatic heterocycles. The Hall–Kier alpha value is -0.120. The van der Waals surface area contributed by atoms with Crippen LogP contribution in [0.2, 0.25) is 0 Å². The normalized spacial score (nSPS) is 16.2. The first kappa shape index (κ1) is 12.9. The third kappa shape index (κ3) is 6.02. The quantitative estimate of drug-likeness (QED) is 0.628. The van der Waals surface area contributed by atoms with Crippen molar-refractivity contribution in [2.45, 2.75) is 39.3 Å². The molecule has 0 bridgehead atoms. The molecule has 0 saturated heterocycles. The highest BCUT2D eigenvalue weighted by Gasteiger charge is 2.12. The molecule has 2 unspecified atom stereocenters. The van der Waals surface area contributed by atoms with E-state index in [4.69, 9.17) is 9.84 Å². The van der Waals surface area contributed by atoms with E-state index in [0.717, 1.165) is 13.0 Å². The summed E-state index contributed by atoms with van der Waals surface area (Å²) in [6, 6.07) is 0.391. The first-order valence-corrected chi connectivity index (χ1v) is 4.98. The third-order valence-corrected chi connectivity index (χ3v) is 2.31. The monoisotopic (exact) mass is 189 g/mol. The van der Waals surface area contributed by atoms with Crippen molar-refractivity contribution in [3.63, 3.8) is 0 Å². The lowest BCUT2D eigenvalue weighted by Gasteiger charge is -2.23. The molecule has 80 valence electrons. The first-order chi connectivity index (χ1) is 6.11. The molecule has 0 aliphatic rings. The molecule has 0 aromatic rings. The predicted molar refractivity (Wildman–Crippen MR) is 54.8 cm³/mol. The lowest BCUT2D eigenvalue weighted by atomic mass is 10.0. The van der Waals surface area contributed by atoms with Gasteiger partial charge < -0.3 is 15.2 Å². The number of aliphatic hydroxyl groups excluding tert-OH is 1. The van der Waals surface area contributed by atoms with Crippen molar-refractivity contribution in [2.24, 2.45) is 5.92 Å². The Bertz CT molecular complexity index is 117. The second-order valence-electron chi connectivity index (χ2n) is 3.82. The smallest absolute Gasteiger partial charge is 0.0667 e. The molecule has 0 rings (SSSR count). The summed E-state index contributed by atoms with van der Waals surface area (Å²) in [6.45, 7) is 7.44. The van der Waals surface area contributed by atoms with Gasteiger partial charge in [-0.1, -0.05) is 13.8 Å². The van der Waals surface area contributed by atoms with Crippen molar-refractivity contribution < 1.29 is 9.84 Å². The average molecular weight is 189 g/mol. The minimum Gasteiger partial charge on any atom is -0.396 e. The van der Waals surface area contributed by atoms with Crippen molar-refractivity contribution in [3.05, 3.63) is 0 Å². The molecule has 0 aliphatic carbocycles. The van der Waals surface area contributed by atoms with Gasteiger partial charge in [-0.05, 0) is 19.3 Å². The lowest BCUT2D eigenvalue weighted by Crippen LogP contribution is -2.39. The Morgan fingerprint density at radius 3 is 2.31 bits per heavy atom. The van der Waals surface area contributed by atoms with Crippen LogP contribution in [0.15, 0.2) is 0 Å². The second kappa shape index (κ2) is 7.30. The summed E-state index contributed by atoms with van der Waals surface area (Å²) in [5.74, 6) is 0.552. The fourth-order valence-electron chi connectivity index (χ4n) is 1.21. The Balaban J connectivity index is 3.68. The fourth-order valence-corrected chi connectivity index (χ4v) is 1.21. The van der Waals surface area contributed by atoms with Gasteiger partial charge in [0.1, 0.15) is 0 Å². The largest absolute Gasteiger partial charge is 0.396 e. The highest BCUT2D eigenvalue weighted by atomic mass is 16.5. The molecule has 0 aromatic carbocycles.